The van der Waals surface area contributed by atoms with Crippen molar-refractivity contribution in [1.29, 1.82) is 0 Å². The highest BCUT2D eigenvalue weighted by Crippen LogP contribution is 2.46. The number of aliphatic hydroxyl groups is 1. The molecule has 84 valence electrons. The van der Waals surface area contributed by atoms with Crippen LogP contribution in [0.25, 0.3) is 0 Å². The van der Waals surface area contributed by atoms with Gasteiger partial charge in [0.2, 0.25) is 0 Å². The molecule has 0 bridgehead atoms. The highest BCUT2D eigenvalue weighted by molar-refractivity contribution is 4.90. The van der Waals surface area contributed by atoms with Crippen LogP contribution in [0.2, 0.25) is 0 Å². The molecule has 2 heteroatoms. The lowest BCUT2D eigenvalue weighted by molar-refractivity contribution is 0.0176. The second-order valence-electron chi connectivity index (χ2n) is 5.88. The van der Waals surface area contributed by atoms with Gasteiger partial charge in [-0.2, -0.15) is 0 Å². The van der Waals surface area contributed by atoms with Gasteiger partial charge in [0.1, 0.15) is 0 Å². The second kappa shape index (κ2) is 4.19. The standard InChI is InChI=1S/C12H25NO/c1-11(2,3)12(4)5-7-13(8-6-12)9-10-14/h14H,5-10H2,1-4H3. The Morgan fingerprint density at radius 3 is 2.07 bits per heavy atom. The van der Waals surface area contributed by atoms with Gasteiger partial charge in [0.15, 0.2) is 0 Å². The Labute approximate surface area is 88.3 Å². The minimum absolute atomic E-state index is 0.298. The van der Waals surface area contributed by atoms with E-state index in [1.165, 1.54) is 12.8 Å². The highest BCUT2D eigenvalue weighted by Gasteiger charge is 2.39. The molecule has 0 aromatic carbocycles. The molecule has 0 aromatic heterocycles. The molecule has 1 heterocycles. The SMILES string of the molecule is CC(C)(C)C1(C)CCN(CCO)CC1. The molecule has 1 fully saturated rings. The van der Waals surface area contributed by atoms with Crippen molar-refractivity contribution in [1.82, 2.24) is 4.90 Å². The topological polar surface area (TPSA) is 23.5 Å². The van der Waals surface area contributed by atoms with E-state index in [1.807, 2.05) is 0 Å². The van der Waals surface area contributed by atoms with E-state index >= 15 is 0 Å². The molecule has 0 aliphatic carbocycles. The predicted octanol–water partition coefficient (Wildman–Crippen LogP) is 2.13. The molecule has 0 radical (unpaired) electrons. The lowest BCUT2D eigenvalue weighted by Gasteiger charge is -2.47. The number of hydrogen-bond donors (Lipinski definition) is 1. The van der Waals surface area contributed by atoms with Crippen LogP contribution in [-0.2, 0) is 0 Å². The van der Waals surface area contributed by atoms with Gasteiger partial charge in [-0.05, 0) is 36.8 Å². The maximum absolute atomic E-state index is 8.87. The summed E-state index contributed by atoms with van der Waals surface area (Å²) in [4.78, 5) is 2.37. The zero-order valence-electron chi connectivity index (χ0n) is 10.1. The zero-order chi connectivity index (χ0) is 10.8. The molecule has 1 saturated heterocycles. The van der Waals surface area contributed by atoms with Crippen LogP contribution >= 0.6 is 0 Å². The van der Waals surface area contributed by atoms with E-state index in [0.29, 0.717) is 17.4 Å². The lowest BCUT2D eigenvalue weighted by atomic mass is 9.63. The summed E-state index contributed by atoms with van der Waals surface area (Å²) < 4.78 is 0. The molecule has 0 unspecified atom stereocenters. The van der Waals surface area contributed by atoms with E-state index in [0.717, 1.165) is 19.6 Å². The first-order valence-corrected chi connectivity index (χ1v) is 5.72. The van der Waals surface area contributed by atoms with E-state index in [1.54, 1.807) is 0 Å². The summed E-state index contributed by atoms with van der Waals surface area (Å²) in [6, 6.07) is 0. The van der Waals surface area contributed by atoms with E-state index in [2.05, 4.69) is 32.6 Å². The molecule has 2 nitrogen and oxygen atoms in total. The van der Waals surface area contributed by atoms with Gasteiger partial charge in [-0.3, -0.25) is 0 Å². The molecule has 1 aliphatic heterocycles. The molecule has 0 amide bonds. The zero-order valence-corrected chi connectivity index (χ0v) is 10.1. The Morgan fingerprint density at radius 1 is 1.21 bits per heavy atom. The third-order valence-electron chi connectivity index (χ3n) is 4.19. The van der Waals surface area contributed by atoms with Gasteiger partial charge in [-0.15, -0.1) is 0 Å². The van der Waals surface area contributed by atoms with Gasteiger partial charge in [0.05, 0.1) is 6.61 Å². The minimum atomic E-state index is 0.298. The maximum atomic E-state index is 8.87. The Morgan fingerprint density at radius 2 is 1.71 bits per heavy atom. The first-order chi connectivity index (χ1) is 6.39. The average molecular weight is 199 g/mol. The Balaban J connectivity index is 2.49. The fraction of sp³-hybridized carbons (Fsp3) is 1.00. The van der Waals surface area contributed by atoms with Gasteiger partial charge in [0, 0.05) is 6.54 Å². The Hall–Kier alpha value is -0.0800. The molecule has 1 N–H and O–H groups in total. The maximum Gasteiger partial charge on any atom is 0.0558 e. The number of aliphatic hydroxyl groups excluding tert-OH is 1. The summed E-state index contributed by atoms with van der Waals surface area (Å²) in [5.74, 6) is 0. The third kappa shape index (κ3) is 2.48. The number of nitrogens with zero attached hydrogens (tertiary/aromatic N) is 1. The van der Waals surface area contributed by atoms with Crippen molar-refractivity contribution in [3.63, 3.8) is 0 Å². The van der Waals surface area contributed by atoms with E-state index in [9.17, 15) is 0 Å². The summed E-state index contributed by atoms with van der Waals surface area (Å²) in [7, 11) is 0. The molecular weight excluding hydrogens is 174 g/mol. The summed E-state index contributed by atoms with van der Waals surface area (Å²) >= 11 is 0. The van der Waals surface area contributed by atoms with Crippen LogP contribution in [0.5, 0.6) is 0 Å². The van der Waals surface area contributed by atoms with Crippen molar-refractivity contribution >= 4 is 0 Å². The lowest BCUT2D eigenvalue weighted by Crippen LogP contribution is -2.45. The Kier molecular flexibility index (Phi) is 3.59. The van der Waals surface area contributed by atoms with Crippen LogP contribution in [0.15, 0.2) is 0 Å². The number of rotatable bonds is 2. The average Bonchev–Trinajstić information content (AvgIpc) is 2.08. The van der Waals surface area contributed by atoms with Crippen molar-refractivity contribution < 1.29 is 5.11 Å². The highest BCUT2D eigenvalue weighted by atomic mass is 16.3. The van der Waals surface area contributed by atoms with E-state index < -0.39 is 0 Å². The van der Waals surface area contributed by atoms with Crippen LogP contribution < -0.4 is 0 Å². The minimum Gasteiger partial charge on any atom is -0.395 e. The second-order valence-corrected chi connectivity index (χ2v) is 5.88. The van der Waals surface area contributed by atoms with Gasteiger partial charge in [-0.1, -0.05) is 27.7 Å². The molecular formula is C12H25NO. The van der Waals surface area contributed by atoms with Crippen molar-refractivity contribution in [3.8, 4) is 0 Å². The summed E-state index contributed by atoms with van der Waals surface area (Å²) in [6.07, 6.45) is 2.52. The number of β-amino-alcohol motifs (C(OH)–C–C–N with tert-alkyl or cyclic N) is 1. The normalized spacial score (nSPS) is 23.8. The first kappa shape index (κ1) is 12.0. The van der Waals surface area contributed by atoms with E-state index in [-0.39, 0.29) is 0 Å². The number of piperidine rings is 1. The molecule has 14 heavy (non-hydrogen) atoms. The Bertz CT molecular complexity index is 175. The monoisotopic (exact) mass is 199 g/mol. The van der Waals surface area contributed by atoms with Crippen LogP contribution in [0.3, 0.4) is 0 Å². The van der Waals surface area contributed by atoms with Crippen LogP contribution in [0.1, 0.15) is 40.5 Å². The number of hydrogen-bond acceptors (Lipinski definition) is 2. The molecule has 0 spiro atoms. The number of likely N-dealkylation sites (tertiary alicyclic amines) is 1. The van der Waals surface area contributed by atoms with Crippen molar-refractivity contribution in [2.75, 3.05) is 26.2 Å². The van der Waals surface area contributed by atoms with E-state index in [4.69, 9.17) is 5.11 Å². The van der Waals surface area contributed by atoms with Gasteiger partial charge in [0.25, 0.3) is 0 Å². The van der Waals surface area contributed by atoms with Crippen molar-refractivity contribution in [2.45, 2.75) is 40.5 Å². The quantitative estimate of drug-likeness (QED) is 0.736. The molecule has 0 saturated carbocycles. The summed E-state index contributed by atoms with van der Waals surface area (Å²) in [5, 5.41) is 8.87. The molecule has 1 aliphatic rings. The van der Waals surface area contributed by atoms with Crippen LogP contribution in [-0.4, -0.2) is 36.2 Å². The summed E-state index contributed by atoms with van der Waals surface area (Å²) in [6.45, 7) is 12.9. The first-order valence-electron chi connectivity index (χ1n) is 5.72. The third-order valence-corrected chi connectivity index (χ3v) is 4.19. The fourth-order valence-electron chi connectivity index (χ4n) is 2.16. The van der Waals surface area contributed by atoms with Crippen LogP contribution in [0.4, 0.5) is 0 Å². The molecule has 0 atom stereocenters. The van der Waals surface area contributed by atoms with Gasteiger partial charge < -0.3 is 10.0 Å². The van der Waals surface area contributed by atoms with Crippen molar-refractivity contribution in [2.24, 2.45) is 10.8 Å². The van der Waals surface area contributed by atoms with Gasteiger partial charge >= 0.3 is 0 Å². The predicted molar refractivity (Wildman–Crippen MR) is 60.3 cm³/mol. The molecule has 0 aromatic rings. The summed E-state index contributed by atoms with van der Waals surface area (Å²) in [5.41, 5.74) is 0.872. The van der Waals surface area contributed by atoms with Crippen LogP contribution in [0, 0.1) is 10.8 Å². The largest absolute Gasteiger partial charge is 0.395 e. The van der Waals surface area contributed by atoms with Crippen molar-refractivity contribution in [3.05, 3.63) is 0 Å². The fourth-order valence-corrected chi connectivity index (χ4v) is 2.16. The molecule has 1 rings (SSSR count). The van der Waals surface area contributed by atoms with Gasteiger partial charge in [-0.25, -0.2) is 0 Å². The smallest absolute Gasteiger partial charge is 0.0558 e.